The average molecular weight is 339 g/mol. The van der Waals surface area contributed by atoms with Gasteiger partial charge in [0.05, 0.1) is 25.9 Å². The Hall–Kier alpha value is -1.06. The van der Waals surface area contributed by atoms with Gasteiger partial charge in [0.15, 0.2) is 5.82 Å². The Kier molecular flexibility index (Phi) is 6.56. The maximum Gasteiger partial charge on any atom is 0.223 e. The fraction of sp³-hybridized carbons (Fsp3) is 0.875. The summed E-state index contributed by atoms with van der Waals surface area (Å²) in [6, 6.07) is 0.408. The number of aromatic nitrogens is 2. The van der Waals surface area contributed by atoms with Crippen LogP contribution in [0.15, 0.2) is 4.52 Å². The van der Waals surface area contributed by atoms with Crippen molar-refractivity contribution in [3.8, 4) is 0 Å². The van der Waals surface area contributed by atoms with Crippen LogP contribution in [-0.4, -0.2) is 89.7 Å². The van der Waals surface area contributed by atoms with E-state index < -0.39 is 0 Å². The summed E-state index contributed by atoms with van der Waals surface area (Å²) in [7, 11) is 0. The number of piperidine rings is 1. The fourth-order valence-corrected chi connectivity index (χ4v) is 3.42. The number of nitrogens with one attached hydrogen (secondary N) is 1. The Bertz CT molecular complexity index is 492. The maximum absolute atomic E-state index is 10.2. The number of rotatable bonds is 7. The minimum absolute atomic E-state index is 0.335. The first-order valence-electron chi connectivity index (χ1n) is 8.92. The number of β-amino-alcohol motifs (C(OH)–C–C–N with tert-alkyl or cyclic N) is 1. The SMILES string of the molecule is Cc1nc(CN2CCC[C@H](NC[C@H](O)CN3CCOCC3)C2)no1. The van der Waals surface area contributed by atoms with Gasteiger partial charge in [0.1, 0.15) is 0 Å². The number of aliphatic hydroxyl groups is 1. The van der Waals surface area contributed by atoms with Crippen LogP contribution in [0.25, 0.3) is 0 Å². The van der Waals surface area contributed by atoms with Gasteiger partial charge in [-0.25, -0.2) is 0 Å². The summed E-state index contributed by atoms with van der Waals surface area (Å²) >= 11 is 0. The highest BCUT2D eigenvalue weighted by Crippen LogP contribution is 2.12. The monoisotopic (exact) mass is 339 g/mol. The molecule has 0 unspecified atom stereocenters. The third-order valence-electron chi connectivity index (χ3n) is 4.65. The van der Waals surface area contributed by atoms with Crippen molar-refractivity contribution in [1.29, 1.82) is 0 Å². The maximum atomic E-state index is 10.2. The van der Waals surface area contributed by atoms with Crippen LogP contribution in [0.5, 0.6) is 0 Å². The predicted molar refractivity (Wildman–Crippen MR) is 88.6 cm³/mol. The summed E-state index contributed by atoms with van der Waals surface area (Å²) in [5.41, 5.74) is 0. The largest absolute Gasteiger partial charge is 0.390 e. The number of morpholine rings is 1. The summed E-state index contributed by atoms with van der Waals surface area (Å²) < 4.78 is 10.4. The van der Waals surface area contributed by atoms with E-state index >= 15 is 0 Å². The Balaban J connectivity index is 1.37. The molecule has 8 heteroatoms. The smallest absolute Gasteiger partial charge is 0.223 e. The van der Waals surface area contributed by atoms with Crippen molar-refractivity contribution < 1.29 is 14.4 Å². The summed E-state index contributed by atoms with van der Waals surface area (Å²) in [6.45, 7) is 9.28. The number of hydrogen-bond donors (Lipinski definition) is 2. The summed E-state index contributed by atoms with van der Waals surface area (Å²) in [5, 5.41) is 17.7. The molecule has 136 valence electrons. The van der Waals surface area contributed by atoms with E-state index in [1.807, 2.05) is 6.92 Å². The van der Waals surface area contributed by atoms with E-state index in [1.54, 1.807) is 0 Å². The lowest BCUT2D eigenvalue weighted by Crippen LogP contribution is -2.49. The number of aryl methyl sites for hydroxylation is 1. The summed E-state index contributed by atoms with van der Waals surface area (Å²) in [5.74, 6) is 1.36. The predicted octanol–water partition coefficient (Wildman–Crippen LogP) is -0.375. The number of aliphatic hydroxyl groups excluding tert-OH is 1. The first kappa shape index (κ1) is 17.8. The topological polar surface area (TPSA) is 86.9 Å². The van der Waals surface area contributed by atoms with E-state index in [2.05, 4.69) is 25.3 Å². The van der Waals surface area contributed by atoms with Crippen molar-refractivity contribution in [2.75, 3.05) is 52.5 Å². The van der Waals surface area contributed by atoms with Crippen molar-refractivity contribution in [2.24, 2.45) is 0 Å². The van der Waals surface area contributed by atoms with Gasteiger partial charge in [-0.3, -0.25) is 9.80 Å². The van der Waals surface area contributed by atoms with Crippen LogP contribution in [0.1, 0.15) is 24.6 Å². The second-order valence-electron chi connectivity index (χ2n) is 6.78. The number of hydrogen-bond acceptors (Lipinski definition) is 8. The molecule has 2 atom stereocenters. The van der Waals surface area contributed by atoms with Crippen molar-refractivity contribution in [1.82, 2.24) is 25.3 Å². The lowest BCUT2D eigenvalue weighted by Gasteiger charge is -2.33. The molecule has 0 radical (unpaired) electrons. The van der Waals surface area contributed by atoms with E-state index in [0.717, 1.165) is 71.1 Å². The molecule has 24 heavy (non-hydrogen) atoms. The molecule has 0 bridgehead atoms. The fourth-order valence-electron chi connectivity index (χ4n) is 3.42. The molecule has 0 amide bonds. The quantitative estimate of drug-likeness (QED) is 0.696. The van der Waals surface area contributed by atoms with Crippen LogP contribution in [0.3, 0.4) is 0 Å². The van der Waals surface area contributed by atoms with E-state index in [9.17, 15) is 5.11 Å². The lowest BCUT2D eigenvalue weighted by atomic mass is 10.1. The lowest BCUT2D eigenvalue weighted by molar-refractivity contribution is 0.0139. The highest BCUT2D eigenvalue weighted by Gasteiger charge is 2.22. The number of likely N-dealkylation sites (tertiary alicyclic amines) is 1. The van der Waals surface area contributed by atoms with Crippen LogP contribution in [0.4, 0.5) is 0 Å². The third-order valence-corrected chi connectivity index (χ3v) is 4.65. The molecule has 2 N–H and O–H groups in total. The third kappa shape index (κ3) is 5.49. The van der Waals surface area contributed by atoms with E-state index in [0.29, 0.717) is 18.5 Å². The summed E-state index contributed by atoms with van der Waals surface area (Å²) in [4.78, 5) is 8.89. The van der Waals surface area contributed by atoms with Crippen molar-refractivity contribution >= 4 is 0 Å². The van der Waals surface area contributed by atoms with Gasteiger partial charge in [0.2, 0.25) is 5.89 Å². The zero-order valence-corrected chi connectivity index (χ0v) is 14.5. The van der Waals surface area contributed by atoms with Crippen LogP contribution in [-0.2, 0) is 11.3 Å². The molecule has 0 aromatic carbocycles. The van der Waals surface area contributed by atoms with Crippen LogP contribution in [0.2, 0.25) is 0 Å². The molecule has 0 saturated carbocycles. The molecule has 2 aliphatic heterocycles. The Morgan fingerprint density at radius 3 is 2.88 bits per heavy atom. The van der Waals surface area contributed by atoms with Gasteiger partial charge in [-0.15, -0.1) is 0 Å². The van der Waals surface area contributed by atoms with Gasteiger partial charge in [-0.2, -0.15) is 4.98 Å². The normalized spacial score (nSPS) is 25.0. The highest BCUT2D eigenvalue weighted by atomic mass is 16.5. The number of nitrogens with zero attached hydrogens (tertiary/aromatic N) is 4. The Morgan fingerprint density at radius 2 is 2.12 bits per heavy atom. The first-order valence-corrected chi connectivity index (χ1v) is 8.92. The second kappa shape index (κ2) is 8.87. The standard InChI is InChI=1S/C16H29N5O3/c1-13-18-16(19-24-13)12-21-4-2-3-14(10-21)17-9-15(22)11-20-5-7-23-8-6-20/h14-15,17,22H,2-12H2,1H3/t14-,15-/m0/s1. The molecular formula is C16H29N5O3. The molecule has 0 aliphatic carbocycles. The van der Waals surface area contributed by atoms with Gasteiger partial charge >= 0.3 is 0 Å². The molecule has 3 rings (SSSR count). The number of ether oxygens (including phenoxy) is 1. The molecule has 0 spiro atoms. The Morgan fingerprint density at radius 1 is 1.29 bits per heavy atom. The van der Waals surface area contributed by atoms with Gasteiger partial charge in [-0.1, -0.05) is 5.16 Å². The molecular weight excluding hydrogens is 310 g/mol. The minimum atomic E-state index is -0.335. The first-order chi connectivity index (χ1) is 11.7. The van der Waals surface area contributed by atoms with Crippen molar-refractivity contribution in [3.63, 3.8) is 0 Å². The van der Waals surface area contributed by atoms with Gasteiger partial charge < -0.3 is 19.7 Å². The van der Waals surface area contributed by atoms with Crippen LogP contribution < -0.4 is 5.32 Å². The van der Waals surface area contributed by atoms with Crippen LogP contribution >= 0.6 is 0 Å². The summed E-state index contributed by atoms with van der Waals surface area (Å²) in [6.07, 6.45) is 1.96. The molecule has 1 aromatic heterocycles. The van der Waals surface area contributed by atoms with E-state index in [1.165, 1.54) is 0 Å². The molecule has 2 fully saturated rings. The molecule has 2 saturated heterocycles. The second-order valence-corrected chi connectivity index (χ2v) is 6.78. The van der Waals surface area contributed by atoms with Crippen molar-refractivity contribution in [2.45, 2.75) is 38.5 Å². The van der Waals surface area contributed by atoms with Gasteiger partial charge in [0.25, 0.3) is 0 Å². The molecule has 1 aromatic rings. The highest BCUT2D eigenvalue weighted by molar-refractivity contribution is 4.87. The van der Waals surface area contributed by atoms with E-state index in [4.69, 9.17) is 9.26 Å². The minimum Gasteiger partial charge on any atom is -0.390 e. The van der Waals surface area contributed by atoms with E-state index in [-0.39, 0.29) is 6.10 Å². The molecule has 8 nitrogen and oxygen atoms in total. The zero-order valence-electron chi connectivity index (χ0n) is 14.5. The zero-order chi connectivity index (χ0) is 16.8. The average Bonchev–Trinajstić information content (AvgIpc) is 2.99. The van der Waals surface area contributed by atoms with Crippen LogP contribution in [0, 0.1) is 6.92 Å². The van der Waals surface area contributed by atoms with Crippen molar-refractivity contribution in [3.05, 3.63) is 11.7 Å². The molecule has 2 aliphatic rings. The van der Waals surface area contributed by atoms with Gasteiger partial charge in [-0.05, 0) is 19.4 Å². The van der Waals surface area contributed by atoms with Gasteiger partial charge in [0, 0.05) is 45.7 Å². The Labute approximate surface area is 143 Å². The molecule has 3 heterocycles.